The molecule has 0 aliphatic rings. The van der Waals surface area contributed by atoms with Gasteiger partial charge in [0.05, 0.1) is 33.0 Å². The van der Waals surface area contributed by atoms with Crippen LogP contribution in [-0.4, -0.2) is 60.0 Å². The lowest BCUT2D eigenvalue weighted by Gasteiger charge is -2.16. The van der Waals surface area contributed by atoms with Gasteiger partial charge in [-0.15, -0.1) is 0 Å². The van der Waals surface area contributed by atoms with E-state index in [1.54, 1.807) is 54.6 Å². The van der Waals surface area contributed by atoms with Crippen LogP contribution in [0.4, 0.5) is 0 Å². The number of carbonyl (C=O) groups excluding carboxylic acids is 1. The second kappa shape index (κ2) is 12.3. The molecule has 238 valence electrons. The van der Waals surface area contributed by atoms with Crippen molar-refractivity contribution in [1.29, 1.82) is 0 Å². The third-order valence-corrected chi connectivity index (χ3v) is 11.8. The van der Waals surface area contributed by atoms with E-state index < -0.39 is 35.6 Å². The monoisotopic (exact) mass is 678 g/mol. The largest absolute Gasteiger partial charge is 0.296 e. The van der Waals surface area contributed by atoms with Gasteiger partial charge in [0.1, 0.15) is 21.8 Å². The predicted octanol–water partition coefficient (Wildman–Crippen LogP) is 4.67. The number of aromatic nitrogens is 6. The van der Waals surface area contributed by atoms with Crippen LogP contribution in [0.3, 0.4) is 0 Å². The van der Waals surface area contributed by atoms with Crippen molar-refractivity contribution >= 4 is 59.5 Å². The number of hydrogen-bond donors (Lipinski definition) is 0. The van der Waals surface area contributed by atoms with Crippen molar-refractivity contribution in [2.75, 3.05) is 0 Å². The molecule has 6 rings (SSSR count). The molecule has 46 heavy (non-hydrogen) atoms. The Morgan fingerprint density at radius 3 is 1.54 bits per heavy atom. The fourth-order valence-corrected chi connectivity index (χ4v) is 7.82. The summed E-state index contributed by atoms with van der Waals surface area (Å²) in [7, 11) is -8.83. The van der Waals surface area contributed by atoms with Crippen molar-refractivity contribution in [3.8, 4) is 0 Å². The van der Waals surface area contributed by atoms with Crippen LogP contribution in [0.1, 0.15) is 42.4 Å². The van der Waals surface area contributed by atoms with E-state index >= 15 is 0 Å². The van der Waals surface area contributed by atoms with E-state index in [1.807, 2.05) is 34.6 Å². The zero-order valence-corrected chi connectivity index (χ0v) is 28.0. The Kier molecular flexibility index (Phi) is 8.77. The van der Waals surface area contributed by atoms with E-state index in [0.29, 0.717) is 22.3 Å². The van der Waals surface area contributed by atoms with Gasteiger partial charge in [0.25, 0.3) is 20.0 Å². The molecule has 0 fully saturated rings. The summed E-state index contributed by atoms with van der Waals surface area (Å²) in [6.45, 7) is 9.32. The maximum absolute atomic E-state index is 12.8. The van der Waals surface area contributed by atoms with E-state index in [1.165, 1.54) is 30.9 Å². The van der Waals surface area contributed by atoms with Gasteiger partial charge in [-0.3, -0.25) is 9.00 Å². The highest BCUT2D eigenvalue weighted by Crippen LogP contribution is 2.24. The first-order valence-corrected chi connectivity index (χ1v) is 17.9. The second-order valence-electron chi connectivity index (χ2n) is 11.3. The highest BCUT2D eigenvalue weighted by Gasteiger charge is 2.25. The van der Waals surface area contributed by atoms with Crippen LogP contribution in [0.2, 0.25) is 0 Å². The molecular formula is C31H30N6O6S3. The average Bonchev–Trinajstić information content (AvgIpc) is 3.65. The standard InChI is InChI=1S/C17H19N3O3S2.C14H11N3O3S/c1-12-5-7-13(8-6-12)25(22,23)20-10-9-14-16(20)18-11-15(19-14)24(21)17(2,3)4;1-10-2-4-12(5-3-10)21(19,20)17-7-6-13-14(17)15-8-11(9-18)16-13/h5-11H,1-4H3;2-9H,1H3/t24-;/m1./s1. The fourth-order valence-electron chi connectivity index (χ4n) is 4.27. The molecular weight excluding hydrogens is 649 g/mol. The Hall–Kier alpha value is -4.60. The summed E-state index contributed by atoms with van der Waals surface area (Å²) in [5, 5.41) is 0.338. The highest BCUT2D eigenvalue weighted by atomic mass is 32.2. The molecule has 0 spiro atoms. The van der Waals surface area contributed by atoms with E-state index in [4.69, 9.17) is 0 Å². The highest BCUT2D eigenvalue weighted by molar-refractivity contribution is 7.90. The van der Waals surface area contributed by atoms with Crippen LogP contribution >= 0.6 is 0 Å². The zero-order chi connectivity index (χ0) is 33.4. The summed E-state index contributed by atoms with van der Waals surface area (Å²) in [5.41, 5.74) is 3.28. The molecule has 0 aliphatic carbocycles. The third-order valence-electron chi connectivity index (χ3n) is 6.73. The maximum atomic E-state index is 12.8. The van der Waals surface area contributed by atoms with Crippen molar-refractivity contribution in [2.24, 2.45) is 0 Å². The van der Waals surface area contributed by atoms with Crippen LogP contribution in [0.5, 0.6) is 0 Å². The first-order valence-electron chi connectivity index (χ1n) is 13.8. The Bertz CT molecular complexity index is 2320. The van der Waals surface area contributed by atoms with Crippen LogP contribution in [0.25, 0.3) is 22.3 Å². The molecule has 0 N–H and O–H groups in total. The average molecular weight is 679 g/mol. The number of aldehydes is 1. The van der Waals surface area contributed by atoms with Crippen molar-refractivity contribution in [2.45, 2.75) is 54.2 Å². The second-order valence-corrected chi connectivity index (χ2v) is 17.1. The molecule has 4 aromatic heterocycles. The zero-order valence-electron chi connectivity index (χ0n) is 25.5. The Balaban J connectivity index is 0.000000184. The lowest BCUT2D eigenvalue weighted by Crippen LogP contribution is -2.22. The molecule has 6 aromatic rings. The van der Waals surface area contributed by atoms with E-state index in [2.05, 4.69) is 19.9 Å². The fraction of sp³-hybridized carbons (Fsp3) is 0.194. The summed E-state index contributed by atoms with van der Waals surface area (Å²) >= 11 is 0. The minimum absolute atomic E-state index is 0.160. The first kappa shape index (κ1) is 32.8. The topological polar surface area (TPSA) is 164 Å². The molecule has 0 amide bonds. The molecule has 0 aliphatic heterocycles. The summed E-state index contributed by atoms with van der Waals surface area (Å²) in [6, 6.07) is 16.2. The molecule has 15 heteroatoms. The number of carbonyl (C=O) groups is 1. The van der Waals surface area contributed by atoms with Crippen LogP contribution in [0, 0.1) is 13.8 Å². The Morgan fingerprint density at radius 2 is 1.11 bits per heavy atom. The number of rotatable bonds is 6. The lowest BCUT2D eigenvalue weighted by atomic mass is 10.2. The Morgan fingerprint density at radius 1 is 0.674 bits per heavy atom. The van der Waals surface area contributed by atoms with Gasteiger partial charge in [-0.25, -0.2) is 44.7 Å². The van der Waals surface area contributed by atoms with Gasteiger partial charge in [0.2, 0.25) is 0 Å². The minimum atomic E-state index is -3.76. The van der Waals surface area contributed by atoms with Gasteiger partial charge < -0.3 is 0 Å². The molecule has 1 atom stereocenters. The molecule has 0 bridgehead atoms. The van der Waals surface area contributed by atoms with Crippen LogP contribution < -0.4 is 0 Å². The SMILES string of the molecule is Cc1ccc(S(=O)(=O)n2ccc3nc(C=O)cnc32)cc1.Cc1ccc(S(=O)(=O)n2ccc3nc([S@@](=O)C(C)(C)C)cnc32)cc1. The summed E-state index contributed by atoms with van der Waals surface area (Å²) < 4.78 is 65.0. The minimum Gasteiger partial charge on any atom is -0.296 e. The molecule has 12 nitrogen and oxygen atoms in total. The normalized spacial score (nSPS) is 12.9. The van der Waals surface area contributed by atoms with Crippen molar-refractivity contribution in [3.05, 3.63) is 102 Å². The lowest BCUT2D eigenvalue weighted by molar-refractivity contribution is 0.111. The van der Waals surface area contributed by atoms with Crippen molar-refractivity contribution in [3.63, 3.8) is 0 Å². The number of aryl methyl sites for hydroxylation is 2. The molecule has 0 radical (unpaired) electrons. The van der Waals surface area contributed by atoms with E-state index in [9.17, 15) is 25.8 Å². The van der Waals surface area contributed by atoms with Gasteiger partial charge in [-0.2, -0.15) is 0 Å². The molecule has 0 unspecified atom stereocenters. The van der Waals surface area contributed by atoms with E-state index in [-0.39, 0.29) is 26.8 Å². The predicted molar refractivity (Wildman–Crippen MR) is 174 cm³/mol. The van der Waals surface area contributed by atoms with Gasteiger partial charge in [-0.1, -0.05) is 35.4 Å². The van der Waals surface area contributed by atoms with E-state index in [0.717, 1.165) is 19.1 Å². The molecule has 0 saturated heterocycles. The van der Waals surface area contributed by atoms with Gasteiger partial charge in [0, 0.05) is 17.1 Å². The smallest absolute Gasteiger partial charge is 0.269 e. The molecule has 0 saturated carbocycles. The summed E-state index contributed by atoms with van der Waals surface area (Å²) in [4.78, 5) is 27.6. The van der Waals surface area contributed by atoms with Crippen molar-refractivity contribution < 1.29 is 25.8 Å². The van der Waals surface area contributed by atoms with Gasteiger partial charge >= 0.3 is 0 Å². The summed E-state index contributed by atoms with van der Waals surface area (Å²) in [5.74, 6) is 0. The molecule has 2 aromatic carbocycles. The first-order chi connectivity index (χ1) is 21.6. The van der Waals surface area contributed by atoms with Crippen molar-refractivity contribution in [1.82, 2.24) is 27.9 Å². The van der Waals surface area contributed by atoms with Gasteiger partial charge in [-0.05, 0) is 71.0 Å². The number of hydrogen-bond acceptors (Lipinski definition) is 10. The quantitative estimate of drug-likeness (QED) is 0.226. The van der Waals surface area contributed by atoms with Gasteiger partial charge in [0.15, 0.2) is 17.6 Å². The maximum Gasteiger partial charge on any atom is 0.269 e. The van der Waals surface area contributed by atoms with Crippen LogP contribution in [-0.2, 0) is 30.8 Å². The molecule has 4 heterocycles. The number of fused-ring (bicyclic) bond motifs is 2. The Labute approximate surface area is 268 Å². The third kappa shape index (κ3) is 6.38. The van der Waals surface area contributed by atoms with Crippen LogP contribution in [0.15, 0.2) is 100 Å². The summed E-state index contributed by atoms with van der Waals surface area (Å²) in [6.07, 6.45) is 6.00. The number of nitrogens with zero attached hydrogens (tertiary/aromatic N) is 6. The number of benzene rings is 2.